The Morgan fingerprint density at radius 1 is 1.42 bits per heavy atom. The maximum Gasteiger partial charge on any atom is 0.142 e. The molecule has 1 fully saturated rings. The largest absolute Gasteiger partial charge is 0.380 e. The van der Waals surface area contributed by atoms with E-state index in [1.165, 1.54) is 0 Å². The number of nitrogens with zero attached hydrogens (tertiary/aromatic N) is 5. The van der Waals surface area contributed by atoms with Crippen LogP contribution in [0, 0.1) is 18.3 Å². The Balaban J connectivity index is 1.74. The van der Waals surface area contributed by atoms with Crippen LogP contribution in [0.4, 0.5) is 11.6 Å². The van der Waals surface area contributed by atoms with Gasteiger partial charge in [0.1, 0.15) is 29.7 Å². The SMILES string of the molecule is CO[C@@H]1C[C@H](CNc2nc(C#N)ccc2C)N(c2ccncn2)C1. The Morgan fingerprint density at radius 2 is 2.29 bits per heavy atom. The summed E-state index contributed by atoms with van der Waals surface area (Å²) in [5, 5.41) is 12.4. The van der Waals surface area contributed by atoms with Crippen LogP contribution >= 0.6 is 0 Å². The summed E-state index contributed by atoms with van der Waals surface area (Å²) in [7, 11) is 1.74. The van der Waals surface area contributed by atoms with Gasteiger partial charge in [-0.15, -0.1) is 0 Å². The van der Waals surface area contributed by atoms with E-state index in [-0.39, 0.29) is 12.1 Å². The molecule has 1 N–H and O–H groups in total. The van der Waals surface area contributed by atoms with Crippen LogP contribution in [-0.2, 0) is 4.74 Å². The van der Waals surface area contributed by atoms with E-state index in [1.54, 1.807) is 25.7 Å². The molecule has 1 aliphatic heterocycles. The highest BCUT2D eigenvalue weighted by Crippen LogP contribution is 2.25. The zero-order valence-electron chi connectivity index (χ0n) is 13.8. The van der Waals surface area contributed by atoms with Crippen molar-refractivity contribution >= 4 is 11.6 Å². The van der Waals surface area contributed by atoms with Crippen LogP contribution in [0.1, 0.15) is 17.7 Å². The van der Waals surface area contributed by atoms with Crippen LogP contribution in [0.25, 0.3) is 0 Å². The second-order valence-corrected chi connectivity index (χ2v) is 5.82. The third kappa shape index (κ3) is 3.44. The molecule has 1 saturated heterocycles. The van der Waals surface area contributed by atoms with E-state index in [2.05, 4.69) is 31.2 Å². The molecule has 3 rings (SSSR count). The van der Waals surface area contributed by atoms with Crippen LogP contribution in [0.5, 0.6) is 0 Å². The van der Waals surface area contributed by atoms with E-state index in [0.717, 1.165) is 30.2 Å². The maximum absolute atomic E-state index is 9.01. The second-order valence-electron chi connectivity index (χ2n) is 5.82. The van der Waals surface area contributed by atoms with Crippen molar-refractivity contribution in [2.75, 3.05) is 30.4 Å². The molecular formula is C17H20N6O. The molecule has 7 nitrogen and oxygen atoms in total. The Kier molecular flexibility index (Phi) is 4.87. The molecule has 0 aromatic carbocycles. The number of rotatable bonds is 5. The number of hydrogen-bond donors (Lipinski definition) is 1. The van der Waals surface area contributed by atoms with Crippen LogP contribution < -0.4 is 10.2 Å². The first-order chi connectivity index (χ1) is 11.7. The molecule has 1 aliphatic rings. The summed E-state index contributed by atoms with van der Waals surface area (Å²) in [5.41, 5.74) is 1.43. The van der Waals surface area contributed by atoms with Gasteiger partial charge in [-0.2, -0.15) is 5.26 Å². The minimum absolute atomic E-state index is 0.172. The van der Waals surface area contributed by atoms with Crippen molar-refractivity contribution in [3.05, 3.63) is 42.0 Å². The van der Waals surface area contributed by atoms with E-state index in [1.807, 2.05) is 19.1 Å². The second kappa shape index (κ2) is 7.23. The van der Waals surface area contributed by atoms with Gasteiger partial charge in [-0.3, -0.25) is 0 Å². The molecular weight excluding hydrogens is 304 g/mol. The highest BCUT2D eigenvalue weighted by atomic mass is 16.5. The van der Waals surface area contributed by atoms with Gasteiger partial charge in [-0.25, -0.2) is 15.0 Å². The standard InChI is InChI=1S/C17H20N6O/c1-12-3-4-13(8-18)22-17(12)20-9-14-7-15(24-2)10-23(14)16-5-6-19-11-21-16/h3-6,11,14-15H,7,9-10H2,1-2H3,(H,20,22)/t14-,15-/m1/s1. The van der Waals surface area contributed by atoms with Gasteiger partial charge in [-0.1, -0.05) is 6.07 Å². The van der Waals surface area contributed by atoms with Crippen molar-refractivity contribution in [2.24, 2.45) is 0 Å². The third-order valence-corrected chi connectivity index (χ3v) is 4.29. The molecule has 0 bridgehead atoms. The summed E-state index contributed by atoms with van der Waals surface area (Å²) in [6.07, 6.45) is 4.38. The predicted molar refractivity (Wildman–Crippen MR) is 90.8 cm³/mol. The average molecular weight is 324 g/mol. The number of nitriles is 1. The highest BCUT2D eigenvalue weighted by molar-refractivity contribution is 5.47. The zero-order chi connectivity index (χ0) is 16.9. The molecule has 7 heteroatoms. The van der Waals surface area contributed by atoms with E-state index in [9.17, 15) is 0 Å². The van der Waals surface area contributed by atoms with Gasteiger partial charge in [0.2, 0.25) is 0 Å². The topological polar surface area (TPSA) is 87.0 Å². The minimum Gasteiger partial charge on any atom is -0.380 e. The summed E-state index contributed by atoms with van der Waals surface area (Å²) in [5.74, 6) is 1.64. The van der Waals surface area contributed by atoms with Gasteiger partial charge in [0.05, 0.1) is 12.1 Å². The Morgan fingerprint density at radius 3 is 3.00 bits per heavy atom. The van der Waals surface area contributed by atoms with Crippen molar-refractivity contribution in [1.82, 2.24) is 15.0 Å². The number of hydrogen-bond acceptors (Lipinski definition) is 7. The number of anilines is 2. The normalized spacial score (nSPS) is 20.0. The van der Waals surface area contributed by atoms with Crippen LogP contribution in [0.15, 0.2) is 30.7 Å². The fourth-order valence-electron chi connectivity index (χ4n) is 2.96. The Bertz CT molecular complexity index is 730. The minimum atomic E-state index is 0.172. The highest BCUT2D eigenvalue weighted by Gasteiger charge is 2.32. The first-order valence-corrected chi connectivity index (χ1v) is 7.88. The predicted octanol–water partition coefficient (Wildman–Crippen LogP) is 1.76. The summed E-state index contributed by atoms with van der Waals surface area (Å²) in [4.78, 5) is 14.9. The van der Waals surface area contributed by atoms with E-state index in [0.29, 0.717) is 12.2 Å². The fraction of sp³-hybridized carbons (Fsp3) is 0.412. The number of nitrogens with one attached hydrogen (secondary N) is 1. The number of pyridine rings is 1. The van der Waals surface area contributed by atoms with Crippen molar-refractivity contribution in [1.29, 1.82) is 5.26 Å². The number of methoxy groups -OCH3 is 1. The van der Waals surface area contributed by atoms with Crippen molar-refractivity contribution in [3.8, 4) is 6.07 Å². The average Bonchev–Trinajstić information content (AvgIpc) is 3.05. The van der Waals surface area contributed by atoms with Gasteiger partial charge >= 0.3 is 0 Å². The van der Waals surface area contributed by atoms with Crippen LogP contribution in [-0.4, -0.2) is 47.3 Å². The first-order valence-electron chi connectivity index (χ1n) is 7.88. The van der Waals surface area contributed by atoms with E-state index in [4.69, 9.17) is 10.00 Å². The molecule has 0 saturated carbocycles. The molecule has 2 aromatic rings. The molecule has 0 unspecified atom stereocenters. The van der Waals surface area contributed by atoms with Gasteiger partial charge in [-0.05, 0) is 31.0 Å². The lowest BCUT2D eigenvalue weighted by molar-refractivity contribution is 0.118. The van der Waals surface area contributed by atoms with Gasteiger partial charge in [0.25, 0.3) is 0 Å². The van der Waals surface area contributed by atoms with Crippen LogP contribution in [0.3, 0.4) is 0 Å². The number of aromatic nitrogens is 3. The lowest BCUT2D eigenvalue weighted by Gasteiger charge is -2.25. The molecule has 0 radical (unpaired) electrons. The Hall–Kier alpha value is -2.72. The van der Waals surface area contributed by atoms with Gasteiger partial charge < -0.3 is 15.0 Å². The quantitative estimate of drug-likeness (QED) is 0.896. The first kappa shape index (κ1) is 16.1. The van der Waals surface area contributed by atoms with Crippen molar-refractivity contribution < 1.29 is 4.74 Å². The van der Waals surface area contributed by atoms with E-state index >= 15 is 0 Å². The van der Waals surface area contributed by atoms with E-state index < -0.39 is 0 Å². The Labute approximate surface area is 141 Å². The van der Waals surface area contributed by atoms with Crippen molar-refractivity contribution in [2.45, 2.75) is 25.5 Å². The smallest absolute Gasteiger partial charge is 0.142 e. The number of aryl methyl sites for hydroxylation is 1. The molecule has 24 heavy (non-hydrogen) atoms. The lowest BCUT2D eigenvalue weighted by atomic mass is 10.2. The molecule has 2 aromatic heterocycles. The number of ether oxygens (including phenoxy) is 1. The monoisotopic (exact) mass is 324 g/mol. The van der Waals surface area contributed by atoms with Crippen molar-refractivity contribution in [3.63, 3.8) is 0 Å². The molecule has 3 heterocycles. The van der Waals surface area contributed by atoms with Gasteiger partial charge in [0, 0.05) is 26.4 Å². The van der Waals surface area contributed by atoms with Crippen LogP contribution in [0.2, 0.25) is 0 Å². The molecule has 124 valence electrons. The molecule has 0 spiro atoms. The molecule has 2 atom stereocenters. The maximum atomic E-state index is 9.01. The summed E-state index contributed by atoms with van der Waals surface area (Å²) >= 11 is 0. The zero-order valence-corrected chi connectivity index (χ0v) is 13.8. The van der Waals surface area contributed by atoms with Gasteiger partial charge in [0.15, 0.2) is 0 Å². The lowest BCUT2D eigenvalue weighted by Crippen LogP contribution is -2.35. The third-order valence-electron chi connectivity index (χ3n) is 4.29. The molecule has 0 amide bonds. The molecule has 0 aliphatic carbocycles. The summed E-state index contributed by atoms with van der Waals surface area (Å²) in [6, 6.07) is 7.85. The fourth-order valence-corrected chi connectivity index (χ4v) is 2.96. The summed E-state index contributed by atoms with van der Waals surface area (Å²) < 4.78 is 5.53. The summed E-state index contributed by atoms with van der Waals surface area (Å²) in [6.45, 7) is 3.47.